The minimum atomic E-state index is -0.0900. The molecule has 1 heterocycles. The van der Waals surface area contributed by atoms with Crippen molar-refractivity contribution in [3.8, 4) is 0 Å². The van der Waals surface area contributed by atoms with Crippen molar-refractivity contribution < 1.29 is 19.1 Å². The summed E-state index contributed by atoms with van der Waals surface area (Å²) in [5, 5.41) is 0. The fraction of sp³-hybridized carbons (Fsp3) is 0.857. The van der Waals surface area contributed by atoms with Gasteiger partial charge in [-0.3, -0.25) is 9.59 Å². The van der Waals surface area contributed by atoms with Crippen LogP contribution >= 0.6 is 0 Å². The summed E-state index contributed by atoms with van der Waals surface area (Å²) in [5.74, 6) is 1.35. The van der Waals surface area contributed by atoms with E-state index in [-0.39, 0.29) is 11.9 Å². The highest BCUT2D eigenvalue weighted by atomic mass is 16.5. The van der Waals surface area contributed by atoms with E-state index >= 15 is 0 Å². The normalized spacial score (nSPS) is 32.1. The molecule has 0 bridgehead atoms. The summed E-state index contributed by atoms with van der Waals surface area (Å²) >= 11 is 0. The van der Waals surface area contributed by atoms with E-state index in [9.17, 15) is 9.59 Å². The SMILES string of the molecule is CCOC(=O)C[C@@H]1CC[C@H]2CCOC(=O)CC[C@@H]21. The van der Waals surface area contributed by atoms with E-state index in [2.05, 4.69) is 0 Å². The lowest BCUT2D eigenvalue weighted by atomic mass is 9.82. The first kappa shape index (κ1) is 13.4. The predicted octanol–water partition coefficient (Wildman–Crippen LogP) is 2.31. The van der Waals surface area contributed by atoms with Crippen LogP contribution in [0.2, 0.25) is 0 Å². The Bertz CT molecular complexity index is 313. The molecule has 0 unspecified atom stereocenters. The van der Waals surface area contributed by atoms with Gasteiger partial charge in [0.2, 0.25) is 0 Å². The fourth-order valence-electron chi connectivity index (χ4n) is 3.44. The Morgan fingerprint density at radius 3 is 2.94 bits per heavy atom. The summed E-state index contributed by atoms with van der Waals surface area (Å²) in [6.07, 6.45) is 5.09. The van der Waals surface area contributed by atoms with Crippen molar-refractivity contribution in [2.45, 2.75) is 45.4 Å². The van der Waals surface area contributed by atoms with Crippen molar-refractivity contribution in [2.75, 3.05) is 13.2 Å². The molecule has 0 aromatic rings. The molecule has 2 rings (SSSR count). The van der Waals surface area contributed by atoms with Gasteiger partial charge in [-0.05, 0) is 50.4 Å². The van der Waals surface area contributed by atoms with E-state index in [0.717, 1.165) is 25.7 Å². The molecule has 0 radical (unpaired) electrons. The maximum absolute atomic E-state index is 11.6. The summed E-state index contributed by atoms with van der Waals surface area (Å²) in [5.41, 5.74) is 0. The average Bonchev–Trinajstić information content (AvgIpc) is 2.66. The minimum Gasteiger partial charge on any atom is -0.466 e. The molecule has 0 aromatic carbocycles. The van der Waals surface area contributed by atoms with Gasteiger partial charge in [-0.15, -0.1) is 0 Å². The molecule has 1 aliphatic carbocycles. The van der Waals surface area contributed by atoms with Crippen LogP contribution in [0, 0.1) is 17.8 Å². The largest absolute Gasteiger partial charge is 0.466 e. The van der Waals surface area contributed by atoms with Crippen molar-refractivity contribution in [2.24, 2.45) is 17.8 Å². The third-order valence-corrected chi connectivity index (χ3v) is 4.29. The van der Waals surface area contributed by atoms with Gasteiger partial charge < -0.3 is 9.47 Å². The van der Waals surface area contributed by atoms with Gasteiger partial charge in [-0.2, -0.15) is 0 Å². The molecule has 2 aliphatic rings. The maximum atomic E-state index is 11.6. The lowest BCUT2D eigenvalue weighted by Crippen LogP contribution is -2.24. The molecule has 0 spiro atoms. The van der Waals surface area contributed by atoms with Crippen molar-refractivity contribution in [1.29, 1.82) is 0 Å². The quantitative estimate of drug-likeness (QED) is 0.725. The predicted molar refractivity (Wildman–Crippen MR) is 65.8 cm³/mol. The van der Waals surface area contributed by atoms with Crippen LogP contribution in [-0.4, -0.2) is 25.2 Å². The third kappa shape index (κ3) is 3.24. The Labute approximate surface area is 108 Å². The second-order valence-corrected chi connectivity index (χ2v) is 5.32. The van der Waals surface area contributed by atoms with E-state index in [1.54, 1.807) is 0 Å². The topological polar surface area (TPSA) is 52.6 Å². The summed E-state index contributed by atoms with van der Waals surface area (Å²) in [6.45, 7) is 2.83. The van der Waals surface area contributed by atoms with Crippen LogP contribution in [0.5, 0.6) is 0 Å². The molecule has 4 heteroatoms. The molecule has 2 fully saturated rings. The van der Waals surface area contributed by atoms with Crippen molar-refractivity contribution >= 4 is 11.9 Å². The highest BCUT2D eigenvalue weighted by Gasteiger charge is 2.38. The first-order chi connectivity index (χ1) is 8.70. The van der Waals surface area contributed by atoms with Gasteiger partial charge in [-0.1, -0.05) is 0 Å². The van der Waals surface area contributed by atoms with E-state index in [0.29, 0.717) is 43.8 Å². The van der Waals surface area contributed by atoms with Crippen LogP contribution < -0.4 is 0 Å². The van der Waals surface area contributed by atoms with E-state index < -0.39 is 0 Å². The molecule has 0 amide bonds. The molecule has 1 saturated heterocycles. The molecule has 0 N–H and O–H groups in total. The zero-order valence-electron chi connectivity index (χ0n) is 11.0. The van der Waals surface area contributed by atoms with Crippen LogP contribution in [-0.2, 0) is 19.1 Å². The molecule has 1 saturated carbocycles. The highest BCUT2D eigenvalue weighted by Crippen LogP contribution is 2.44. The zero-order valence-corrected chi connectivity index (χ0v) is 11.0. The van der Waals surface area contributed by atoms with E-state index in [4.69, 9.17) is 9.47 Å². The highest BCUT2D eigenvalue weighted by molar-refractivity contribution is 5.70. The van der Waals surface area contributed by atoms with Gasteiger partial charge in [-0.25, -0.2) is 0 Å². The van der Waals surface area contributed by atoms with Crippen molar-refractivity contribution in [3.05, 3.63) is 0 Å². The van der Waals surface area contributed by atoms with Gasteiger partial charge in [0.1, 0.15) is 0 Å². The monoisotopic (exact) mass is 254 g/mol. The first-order valence-corrected chi connectivity index (χ1v) is 7.02. The molecular weight excluding hydrogens is 232 g/mol. The standard InChI is InChI=1S/C14H22O4/c1-2-17-14(16)9-11-4-3-10-7-8-18-13(15)6-5-12(10)11/h10-12H,2-9H2,1H3/t10-,11-,12-/m0/s1. The number of ether oxygens (including phenoxy) is 2. The molecular formula is C14H22O4. The van der Waals surface area contributed by atoms with Crippen LogP contribution in [0.3, 0.4) is 0 Å². The van der Waals surface area contributed by atoms with Crippen molar-refractivity contribution in [1.82, 2.24) is 0 Å². The number of carbonyl (C=O) groups is 2. The van der Waals surface area contributed by atoms with Crippen LogP contribution in [0.4, 0.5) is 0 Å². The fourth-order valence-corrected chi connectivity index (χ4v) is 3.44. The van der Waals surface area contributed by atoms with E-state index in [1.807, 2.05) is 6.92 Å². The lowest BCUT2D eigenvalue weighted by Gasteiger charge is -2.26. The second-order valence-electron chi connectivity index (χ2n) is 5.32. The molecule has 102 valence electrons. The average molecular weight is 254 g/mol. The molecule has 3 atom stereocenters. The maximum Gasteiger partial charge on any atom is 0.306 e. The Kier molecular flexibility index (Phi) is 4.61. The molecule has 18 heavy (non-hydrogen) atoms. The Morgan fingerprint density at radius 2 is 2.17 bits per heavy atom. The summed E-state index contributed by atoms with van der Waals surface area (Å²) in [7, 11) is 0. The number of carbonyl (C=O) groups excluding carboxylic acids is 2. The summed E-state index contributed by atoms with van der Waals surface area (Å²) in [4.78, 5) is 22.9. The van der Waals surface area contributed by atoms with Crippen molar-refractivity contribution in [3.63, 3.8) is 0 Å². The minimum absolute atomic E-state index is 0.0877. The van der Waals surface area contributed by atoms with Gasteiger partial charge in [0.15, 0.2) is 0 Å². The van der Waals surface area contributed by atoms with Crippen LogP contribution in [0.25, 0.3) is 0 Å². The summed E-state index contributed by atoms with van der Waals surface area (Å²) in [6, 6.07) is 0. The Hall–Kier alpha value is -1.06. The van der Waals surface area contributed by atoms with Crippen LogP contribution in [0.1, 0.15) is 45.4 Å². The van der Waals surface area contributed by atoms with Crippen LogP contribution in [0.15, 0.2) is 0 Å². The molecule has 0 aromatic heterocycles. The van der Waals surface area contributed by atoms with Gasteiger partial charge in [0.05, 0.1) is 13.2 Å². The smallest absolute Gasteiger partial charge is 0.306 e. The second kappa shape index (κ2) is 6.21. The number of hydrogen-bond acceptors (Lipinski definition) is 4. The summed E-state index contributed by atoms with van der Waals surface area (Å²) < 4.78 is 10.1. The van der Waals surface area contributed by atoms with Gasteiger partial charge in [0.25, 0.3) is 0 Å². The third-order valence-electron chi connectivity index (χ3n) is 4.29. The van der Waals surface area contributed by atoms with E-state index in [1.165, 1.54) is 0 Å². The van der Waals surface area contributed by atoms with Gasteiger partial charge in [0, 0.05) is 12.8 Å². The zero-order chi connectivity index (χ0) is 13.0. The number of hydrogen-bond donors (Lipinski definition) is 0. The number of fused-ring (bicyclic) bond motifs is 1. The number of rotatable bonds is 3. The van der Waals surface area contributed by atoms with Gasteiger partial charge >= 0.3 is 11.9 Å². The first-order valence-electron chi connectivity index (χ1n) is 7.02. The molecule has 1 aliphatic heterocycles. The number of esters is 2. The Morgan fingerprint density at radius 1 is 1.33 bits per heavy atom. The molecule has 4 nitrogen and oxygen atoms in total. The number of cyclic esters (lactones) is 1. The Balaban J connectivity index is 1.92. The lowest BCUT2D eigenvalue weighted by molar-refractivity contribution is -0.146.